The van der Waals surface area contributed by atoms with Gasteiger partial charge in [-0.1, -0.05) is 18.2 Å². The fraction of sp³-hybridized carbons (Fsp3) is 0.316. The maximum Gasteiger partial charge on any atom is 0.238 e. The van der Waals surface area contributed by atoms with Crippen molar-refractivity contribution in [1.82, 2.24) is 4.90 Å². The van der Waals surface area contributed by atoms with E-state index in [4.69, 9.17) is 4.74 Å². The summed E-state index contributed by atoms with van der Waals surface area (Å²) >= 11 is 0. The zero-order valence-corrected chi connectivity index (χ0v) is 13.5. The molecule has 2 aromatic rings. The minimum atomic E-state index is -0.221. The fourth-order valence-corrected chi connectivity index (χ4v) is 2.71. The van der Waals surface area contributed by atoms with Gasteiger partial charge in [0.05, 0.1) is 12.6 Å². The molecule has 0 spiro atoms. The monoisotopic (exact) mass is 326 g/mol. The zero-order chi connectivity index (χ0) is 16.8. The van der Waals surface area contributed by atoms with E-state index in [0.29, 0.717) is 6.54 Å². The summed E-state index contributed by atoms with van der Waals surface area (Å²) in [5, 5.41) is 12.4. The molecule has 1 amide bonds. The number of benzene rings is 2. The first kappa shape index (κ1) is 16.5. The van der Waals surface area contributed by atoms with Crippen LogP contribution >= 0.6 is 0 Å². The Morgan fingerprint density at radius 1 is 1.04 bits per heavy atom. The number of amides is 1. The standard InChI is InChI=1S/C19H22N2O3/c22-16-10-12-21(13-11-16)14-19(23)20-15-6-8-18(9-7-15)24-17-4-2-1-3-5-17/h1-9,16,22H,10-14H2,(H,20,23). The largest absolute Gasteiger partial charge is 0.457 e. The van der Waals surface area contributed by atoms with Crippen LogP contribution in [-0.2, 0) is 4.79 Å². The number of likely N-dealkylation sites (tertiary alicyclic amines) is 1. The van der Waals surface area contributed by atoms with Gasteiger partial charge in [-0.25, -0.2) is 0 Å². The SMILES string of the molecule is O=C(CN1CCC(O)CC1)Nc1ccc(Oc2ccccc2)cc1. The van der Waals surface area contributed by atoms with E-state index in [1.165, 1.54) is 0 Å². The van der Waals surface area contributed by atoms with Gasteiger partial charge in [-0.2, -0.15) is 0 Å². The second kappa shape index (κ2) is 7.95. The molecule has 2 aromatic carbocycles. The molecule has 0 saturated carbocycles. The lowest BCUT2D eigenvalue weighted by atomic mass is 10.1. The number of nitrogens with zero attached hydrogens (tertiary/aromatic N) is 1. The number of aliphatic hydroxyl groups excluding tert-OH is 1. The Morgan fingerprint density at radius 3 is 2.33 bits per heavy atom. The summed E-state index contributed by atoms with van der Waals surface area (Å²) in [7, 11) is 0. The van der Waals surface area contributed by atoms with Crippen molar-refractivity contribution in [3.8, 4) is 11.5 Å². The Kier molecular flexibility index (Phi) is 5.46. The first-order chi connectivity index (χ1) is 11.7. The third-order valence-electron chi connectivity index (χ3n) is 4.04. The molecule has 0 aromatic heterocycles. The van der Waals surface area contributed by atoms with E-state index in [2.05, 4.69) is 10.2 Å². The van der Waals surface area contributed by atoms with E-state index >= 15 is 0 Å². The Balaban J connectivity index is 1.49. The average Bonchev–Trinajstić information content (AvgIpc) is 2.60. The van der Waals surface area contributed by atoms with Crippen molar-refractivity contribution in [2.24, 2.45) is 0 Å². The lowest BCUT2D eigenvalue weighted by molar-refractivity contribution is -0.117. The number of anilines is 1. The molecule has 1 aliphatic rings. The van der Waals surface area contributed by atoms with Crippen molar-refractivity contribution in [2.45, 2.75) is 18.9 Å². The highest BCUT2D eigenvalue weighted by atomic mass is 16.5. The third kappa shape index (κ3) is 4.81. The normalized spacial score (nSPS) is 15.9. The molecule has 0 aliphatic carbocycles. The van der Waals surface area contributed by atoms with Crippen LogP contribution in [-0.4, -0.2) is 41.7 Å². The maximum absolute atomic E-state index is 12.1. The van der Waals surface area contributed by atoms with Crippen LogP contribution in [0.4, 0.5) is 5.69 Å². The van der Waals surface area contributed by atoms with Crippen LogP contribution < -0.4 is 10.1 Å². The molecule has 5 nitrogen and oxygen atoms in total. The van der Waals surface area contributed by atoms with Gasteiger partial charge in [0, 0.05) is 18.8 Å². The number of hydrogen-bond acceptors (Lipinski definition) is 4. The Morgan fingerprint density at radius 2 is 1.67 bits per heavy atom. The molecular weight excluding hydrogens is 304 g/mol. The lowest BCUT2D eigenvalue weighted by Gasteiger charge is -2.28. The molecule has 24 heavy (non-hydrogen) atoms. The van der Waals surface area contributed by atoms with E-state index in [1.807, 2.05) is 54.6 Å². The number of hydrogen-bond donors (Lipinski definition) is 2. The summed E-state index contributed by atoms with van der Waals surface area (Å²) in [6.07, 6.45) is 1.25. The molecule has 0 unspecified atom stereocenters. The van der Waals surface area contributed by atoms with Crippen LogP contribution in [0.5, 0.6) is 11.5 Å². The van der Waals surface area contributed by atoms with E-state index in [1.54, 1.807) is 0 Å². The number of aliphatic hydroxyl groups is 1. The summed E-state index contributed by atoms with van der Waals surface area (Å²) in [6.45, 7) is 1.88. The van der Waals surface area contributed by atoms with Gasteiger partial charge in [0.2, 0.25) is 5.91 Å². The maximum atomic E-state index is 12.1. The number of ether oxygens (including phenoxy) is 1. The van der Waals surface area contributed by atoms with Crippen LogP contribution in [0.25, 0.3) is 0 Å². The number of nitrogens with one attached hydrogen (secondary N) is 1. The van der Waals surface area contributed by atoms with E-state index in [9.17, 15) is 9.90 Å². The number of carbonyl (C=O) groups excluding carboxylic acids is 1. The van der Waals surface area contributed by atoms with Crippen molar-refractivity contribution in [2.75, 3.05) is 25.0 Å². The van der Waals surface area contributed by atoms with Crippen molar-refractivity contribution in [3.05, 3.63) is 54.6 Å². The third-order valence-corrected chi connectivity index (χ3v) is 4.04. The van der Waals surface area contributed by atoms with Crippen molar-refractivity contribution in [3.63, 3.8) is 0 Å². The quantitative estimate of drug-likeness (QED) is 0.887. The summed E-state index contributed by atoms with van der Waals surface area (Å²) in [5.74, 6) is 1.47. The number of rotatable bonds is 5. The number of carbonyl (C=O) groups is 1. The van der Waals surface area contributed by atoms with E-state index in [-0.39, 0.29) is 12.0 Å². The minimum absolute atomic E-state index is 0.0388. The Hall–Kier alpha value is -2.37. The molecule has 0 radical (unpaired) electrons. The fourth-order valence-electron chi connectivity index (χ4n) is 2.71. The second-order valence-corrected chi connectivity index (χ2v) is 5.99. The summed E-state index contributed by atoms with van der Waals surface area (Å²) in [5.41, 5.74) is 0.748. The molecule has 1 saturated heterocycles. The molecule has 2 N–H and O–H groups in total. The van der Waals surface area contributed by atoms with Gasteiger partial charge in [0.15, 0.2) is 0 Å². The van der Waals surface area contributed by atoms with Gasteiger partial charge in [0.25, 0.3) is 0 Å². The highest BCUT2D eigenvalue weighted by Crippen LogP contribution is 2.22. The highest BCUT2D eigenvalue weighted by molar-refractivity contribution is 5.92. The van der Waals surface area contributed by atoms with E-state index < -0.39 is 0 Å². The molecule has 1 fully saturated rings. The average molecular weight is 326 g/mol. The Labute approximate surface area is 141 Å². The smallest absolute Gasteiger partial charge is 0.238 e. The van der Waals surface area contributed by atoms with Crippen molar-refractivity contribution < 1.29 is 14.6 Å². The summed E-state index contributed by atoms with van der Waals surface area (Å²) in [6, 6.07) is 16.9. The number of para-hydroxylation sites is 1. The van der Waals surface area contributed by atoms with Gasteiger partial charge < -0.3 is 15.2 Å². The first-order valence-corrected chi connectivity index (χ1v) is 8.22. The number of piperidine rings is 1. The molecule has 5 heteroatoms. The van der Waals surface area contributed by atoms with Gasteiger partial charge in [0.1, 0.15) is 11.5 Å². The highest BCUT2D eigenvalue weighted by Gasteiger charge is 2.18. The zero-order valence-electron chi connectivity index (χ0n) is 13.5. The Bertz CT molecular complexity index is 650. The molecule has 1 aliphatic heterocycles. The topological polar surface area (TPSA) is 61.8 Å². The molecule has 126 valence electrons. The van der Waals surface area contributed by atoms with Gasteiger partial charge >= 0.3 is 0 Å². The van der Waals surface area contributed by atoms with Gasteiger partial charge in [-0.15, -0.1) is 0 Å². The minimum Gasteiger partial charge on any atom is -0.457 e. The summed E-state index contributed by atoms with van der Waals surface area (Å²) in [4.78, 5) is 14.2. The molecular formula is C19H22N2O3. The van der Waals surface area contributed by atoms with Crippen LogP contribution in [0.2, 0.25) is 0 Å². The molecule has 1 heterocycles. The summed E-state index contributed by atoms with van der Waals surface area (Å²) < 4.78 is 5.73. The second-order valence-electron chi connectivity index (χ2n) is 5.99. The van der Waals surface area contributed by atoms with Crippen LogP contribution in [0.1, 0.15) is 12.8 Å². The predicted octanol–water partition coefficient (Wildman–Crippen LogP) is 2.87. The van der Waals surface area contributed by atoms with Gasteiger partial charge in [-0.3, -0.25) is 9.69 Å². The molecule has 0 atom stereocenters. The molecule has 0 bridgehead atoms. The van der Waals surface area contributed by atoms with Crippen LogP contribution in [0.3, 0.4) is 0 Å². The predicted molar refractivity (Wildman–Crippen MR) is 93.3 cm³/mol. The first-order valence-electron chi connectivity index (χ1n) is 8.22. The van der Waals surface area contributed by atoms with Crippen molar-refractivity contribution in [1.29, 1.82) is 0 Å². The van der Waals surface area contributed by atoms with Crippen LogP contribution in [0, 0.1) is 0 Å². The van der Waals surface area contributed by atoms with Crippen molar-refractivity contribution >= 4 is 11.6 Å². The van der Waals surface area contributed by atoms with Crippen LogP contribution in [0.15, 0.2) is 54.6 Å². The molecule has 3 rings (SSSR count). The van der Waals surface area contributed by atoms with Gasteiger partial charge in [-0.05, 0) is 49.2 Å². The van der Waals surface area contributed by atoms with E-state index in [0.717, 1.165) is 43.1 Å². The lowest BCUT2D eigenvalue weighted by Crippen LogP contribution is -2.40.